The summed E-state index contributed by atoms with van der Waals surface area (Å²) in [5, 5.41) is 0. The fourth-order valence-electron chi connectivity index (χ4n) is 2.30. The number of ether oxygens (including phenoxy) is 2. The molecule has 0 aliphatic carbocycles. The Bertz CT molecular complexity index is 429. The first-order valence-electron chi connectivity index (χ1n) is 6.64. The number of methoxy groups -OCH3 is 1. The molecule has 0 saturated carbocycles. The third-order valence-corrected chi connectivity index (χ3v) is 3.68. The average Bonchev–Trinajstić information content (AvgIpc) is 2.41. The van der Waals surface area contributed by atoms with Crippen molar-refractivity contribution < 1.29 is 9.47 Å². The van der Waals surface area contributed by atoms with Gasteiger partial charge in [-0.05, 0) is 38.9 Å². The minimum Gasteiger partial charge on any atom is -0.493 e. The monoisotopic (exact) mass is 265 g/mol. The smallest absolute Gasteiger partial charge is 0.163 e. The second-order valence-corrected chi connectivity index (χ2v) is 5.19. The third-order valence-electron chi connectivity index (χ3n) is 3.68. The molecule has 1 heterocycles. The molecule has 0 amide bonds. The van der Waals surface area contributed by atoms with Gasteiger partial charge in [0.2, 0.25) is 0 Å². The fourth-order valence-corrected chi connectivity index (χ4v) is 2.30. The van der Waals surface area contributed by atoms with E-state index in [0.29, 0.717) is 35.4 Å². The number of nitrogens with two attached hydrogens (primary N) is 2. The molecule has 1 fully saturated rings. The van der Waals surface area contributed by atoms with Crippen LogP contribution in [0.15, 0.2) is 12.1 Å². The largest absolute Gasteiger partial charge is 0.493 e. The van der Waals surface area contributed by atoms with E-state index in [4.69, 9.17) is 20.9 Å². The van der Waals surface area contributed by atoms with Crippen LogP contribution < -0.4 is 20.9 Å². The van der Waals surface area contributed by atoms with Gasteiger partial charge in [0.25, 0.3) is 0 Å². The summed E-state index contributed by atoms with van der Waals surface area (Å²) in [5.74, 6) is 1.91. The second-order valence-electron chi connectivity index (χ2n) is 5.19. The highest BCUT2D eigenvalue weighted by molar-refractivity contribution is 5.69. The maximum absolute atomic E-state index is 5.86. The number of hydrogen-bond donors (Lipinski definition) is 2. The van der Waals surface area contributed by atoms with Gasteiger partial charge in [-0.1, -0.05) is 0 Å². The summed E-state index contributed by atoms with van der Waals surface area (Å²) in [6.07, 6.45) is 2.34. The van der Waals surface area contributed by atoms with Crippen molar-refractivity contribution in [1.29, 1.82) is 0 Å². The topological polar surface area (TPSA) is 73.7 Å². The molecule has 5 nitrogen and oxygen atoms in total. The maximum atomic E-state index is 5.86. The molecule has 1 aromatic carbocycles. The van der Waals surface area contributed by atoms with E-state index in [-0.39, 0.29) is 0 Å². The van der Waals surface area contributed by atoms with Gasteiger partial charge in [0.15, 0.2) is 11.5 Å². The van der Waals surface area contributed by atoms with Gasteiger partial charge in [0.05, 0.1) is 25.1 Å². The molecule has 0 bridgehead atoms. The normalized spacial score (nSPS) is 17.4. The lowest BCUT2D eigenvalue weighted by Crippen LogP contribution is -2.32. The first-order chi connectivity index (χ1) is 9.10. The number of anilines is 2. The van der Waals surface area contributed by atoms with Crippen molar-refractivity contribution in [2.24, 2.45) is 5.92 Å². The first-order valence-corrected chi connectivity index (χ1v) is 6.64. The molecule has 0 radical (unpaired) electrons. The van der Waals surface area contributed by atoms with Crippen LogP contribution in [0.4, 0.5) is 11.4 Å². The number of rotatable bonds is 4. The van der Waals surface area contributed by atoms with Crippen LogP contribution in [0.1, 0.15) is 12.8 Å². The van der Waals surface area contributed by atoms with Crippen LogP contribution in [-0.4, -0.2) is 38.8 Å². The van der Waals surface area contributed by atoms with Crippen molar-refractivity contribution in [1.82, 2.24) is 4.90 Å². The van der Waals surface area contributed by atoms with Gasteiger partial charge >= 0.3 is 0 Å². The van der Waals surface area contributed by atoms with Crippen LogP contribution in [0.3, 0.4) is 0 Å². The standard InChI is InChI=1S/C14H23N3O2/c1-17-5-3-10(4-6-17)9-19-14-8-12(16)11(15)7-13(14)18-2/h7-8,10H,3-6,9,15-16H2,1-2H3. The van der Waals surface area contributed by atoms with Crippen LogP contribution >= 0.6 is 0 Å². The summed E-state index contributed by atoms with van der Waals surface area (Å²) >= 11 is 0. The van der Waals surface area contributed by atoms with Crippen LogP contribution in [-0.2, 0) is 0 Å². The molecule has 2 rings (SSSR count). The number of hydrogen-bond acceptors (Lipinski definition) is 5. The highest BCUT2D eigenvalue weighted by atomic mass is 16.5. The molecule has 4 N–H and O–H groups in total. The van der Waals surface area contributed by atoms with E-state index in [1.807, 2.05) is 0 Å². The van der Waals surface area contributed by atoms with Crippen molar-refractivity contribution >= 4 is 11.4 Å². The molecule has 1 aliphatic heterocycles. The van der Waals surface area contributed by atoms with Gasteiger partial charge in [0, 0.05) is 12.1 Å². The highest BCUT2D eigenvalue weighted by Crippen LogP contribution is 2.34. The number of piperidine rings is 1. The quantitative estimate of drug-likeness (QED) is 0.809. The molecular weight excluding hydrogens is 242 g/mol. The predicted octanol–water partition coefficient (Wildman–Crippen LogP) is 1.58. The highest BCUT2D eigenvalue weighted by Gasteiger charge is 2.18. The molecule has 106 valence electrons. The Morgan fingerprint density at radius 2 is 1.74 bits per heavy atom. The molecule has 1 aliphatic rings. The van der Waals surface area contributed by atoms with Crippen molar-refractivity contribution in [2.75, 3.05) is 45.3 Å². The van der Waals surface area contributed by atoms with Crippen LogP contribution in [0.2, 0.25) is 0 Å². The van der Waals surface area contributed by atoms with E-state index >= 15 is 0 Å². The molecule has 19 heavy (non-hydrogen) atoms. The van der Waals surface area contributed by atoms with Crippen molar-refractivity contribution in [3.8, 4) is 11.5 Å². The van der Waals surface area contributed by atoms with Crippen LogP contribution in [0.5, 0.6) is 11.5 Å². The SMILES string of the molecule is COc1cc(N)c(N)cc1OCC1CCN(C)CC1. The zero-order chi connectivity index (χ0) is 13.8. The fraction of sp³-hybridized carbons (Fsp3) is 0.571. The number of nitrogens with zero attached hydrogens (tertiary/aromatic N) is 1. The lowest BCUT2D eigenvalue weighted by Gasteiger charge is -2.28. The summed E-state index contributed by atoms with van der Waals surface area (Å²) in [4.78, 5) is 2.35. The second kappa shape index (κ2) is 6.02. The molecular formula is C14H23N3O2. The molecule has 0 unspecified atom stereocenters. The van der Waals surface area contributed by atoms with E-state index < -0.39 is 0 Å². The number of benzene rings is 1. The van der Waals surface area contributed by atoms with E-state index in [1.54, 1.807) is 19.2 Å². The summed E-state index contributed by atoms with van der Waals surface area (Å²) < 4.78 is 11.1. The first kappa shape index (κ1) is 13.8. The zero-order valence-corrected chi connectivity index (χ0v) is 11.7. The Labute approximate surface area is 114 Å². The number of likely N-dealkylation sites (tertiary alicyclic amines) is 1. The van der Waals surface area contributed by atoms with Gasteiger partial charge in [-0.3, -0.25) is 0 Å². The lowest BCUT2D eigenvalue weighted by molar-refractivity contribution is 0.157. The Balaban J connectivity index is 1.97. The van der Waals surface area contributed by atoms with E-state index in [2.05, 4.69) is 11.9 Å². The molecule has 1 aromatic rings. The van der Waals surface area contributed by atoms with E-state index in [9.17, 15) is 0 Å². The van der Waals surface area contributed by atoms with E-state index in [0.717, 1.165) is 13.1 Å². The van der Waals surface area contributed by atoms with Gasteiger partial charge in [-0.2, -0.15) is 0 Å². The maximum Gasteiger partial charge on any atom is 0.163 e. The molecule has 5 heteroatoms. The van der Waals surface area contributed by atoms with Gasteiger partial charge in [0.1, 0.15) is 0 Å². The Morgan fingerprint density at radius 1 is 1.16 bits per heavy atom. The van der Waals surface area contributed by atoms with Gasteiger partial charge in [-0.15, -0.1) is 0 Å². The summed E-state index contributed by atoms with van der Waals surface area (Å²) in [6, 6.07) is 3.45. The summed E-state index contributed by atoms with van der Waals surface area (Å²) in [5.41, 5.74) is 12.6. The third kappa shape index (κ3) is 3.44. The molecule has 0 aromatic heterocycles. The zero-order valence-electron chi connectivity index (χ0n) is 11.7. The predicted molar refractivity (Wildman–Crippen MR) is 77.5 cm³/mol. The molecule has 0 atom stereocenters. The Morgan fingerprint density at radius 3 is 2.32 bits per heavy atom. The number of nitrogen functional groups attached to an aromatic ring is 2. The van der Waals surface area contributed by atoms with Gasteiger partial charge < -0.3 is 25.8 Å². The minimum atomic E-state index is 0.517. The van der Waals surface area contributed by atoms with Crippen molar-refractivity contribution in [2.45, 2.75) is 12.8 Å². The summed E-state index contributed by atoms with van der Waals surface area (Å²) in [7, 11) is 3.76. The minimum absolute atomic E-state index is 0.517. The van der Waals surface area contributed by atoms with Crippen LogP contribution in [0.25, 0.3) is 0 Å². The van der Waals surface area contributed by atoms with Crippen molar-refractivity contribution in [3.05, 3.63) is 12.1 Å². The Kier molecular flexibility index (Phi) is 4.37. The van der Waals surface area contributed by atoms with Gasteiger partial charge in [-0.25, -0.2) is 0 Å². The van der Waals surface area contributed by atoms with E-state index in [1.165, 1.54) is 12.8 Å². The van der Waals surface area contributed by atoms with Crippen LogP contribution in [0, 0.1) is 5.92 Å². The lowest BCUT2D eigenvalue weighted by atomic mass is 9.98. The molecule has 0 spiro atoms. The summed E-state index contributed by atoms with van der Waals surface area (Å²) in [6.45, 7) is 2.97. The van der Waals surface area contributed by atoms with Crippen molar-refractivity contribution in [3.63, 3.8) is 0 Å². The average molecular weight is 265 g/mol. The molecule has 1 saturated heterocycles. The Hall–Kier alpha value is -1.62.